The maximum atomic E-state index is 13.2. The van der Waals surface area contributed by atoms with Gasteiger partial charge in [0.1, 0.15) is 0 Å². The van der Waals surface area contributed by atoms with Crippen molar-refractivity contribution in [1.82, 2.24) is 0 Å². The van der Waals surface area contributed by atoms with E-state index in [0.717, 1.165) is 12.1 Å². The van der Waals surface area contributed by atoms with E-state index in [-0.39, 0.29) is 16.1 Å². The zero-order valence-corrected chi connectivity index (χ0v) is 10.6. The standard InChI is InChI=1S/C14H9ClF2O2/c1-7-2-3-8(4-9(7)14(18)19)10-5-12(16)13(17)6-11(10)15/h2-6H,1H3,(H,18,19). The topological polar surface area (TPSA) is 37.3 Å². The Kier molecular flexibility index (Phi) is 3.53. The van der Waals surface area contributed by atoms with Gasteiger partial charge in [-0.3, -0.25) is 0 Å². The van der Waals surface area contributed by atoms with Crippen LogP contribution in [0.15, 0.2) is 30.3 Å². The van der Waals surface area contributed by atoms with E-state index in [0.29, 0.717) is 11.1 Å². The lowest BCUT2D eigenvalue weighted by molar-refractivity contribution is 0.0696. The second-order valence-corrected chi connectivity index (χ2v) is 4.49. The number of benzene rings is 2. The quantitative estimate of drug-likeness (QED) is 0.834. The Labute approximate surface area is 113 Å². The highest BCUT2D eigenvalue weighted by molar-refractivity contribution is 6.33. The van der Waals surface area contributed by atoms with Crippen LogP contribution in [0.2, 0.25) is 5.02 Å². The van der Waals surface area contributed by atoms with E-state index in [1.165, 1.54) is 6.07 Å². The van der Waals surface area contributed by atoms with Gasteiger partial charge >= 0.3 is 5.97 Å². The molecule has 0 heterocycles. The highest BCUT2D eigenvalue weighted by Crippen LogP contribution is 2.31. The fourth-order valence-electron chi connectivity index (χ4n) is 1.76. The SMILES string of the molecule is Cc1ccc(-c2cc(F)c(F)cc2Cl)cc1C(=O)O. The number of hydrogen-bond donors (Lipinski definition) is 1. The molecule has 0 aliphatic rings. The smallest absolute Gasteiger partial charge is 0.335 e. The average Bonchev–Trinajstić information content (AvgIpc) is 2.34. The zero-order valence-electron chi connectivity index (χ0n) is 9.88. The van der Waals surface area contributed by atoms with E-state index in [1.54, 1.807) is 19.1 Å². The van der Waals surface area contributed by atoms with Crippen LogP contribution >= 0.6 is 11.6 Å². The van der Waals surface area contributed by atoms with Crippen LogP contribution in [0, 0.1) is 18.6 Å². The molecule has 0 amide bonds. The van der Waals surface area contributed by atoms with Gasteiger partial charge in [-0.05, 0) is 36.2 Å². The Morgan fingerprint density at radius 3 is 2.42 bits per heavy atom. The van der Waals surface area contributed by atoms with Crippen molar-refractivity contribution in [3.63, 3.8) is 0 Å². The highest BCUT2D eigenvalue weighted by atomic mass is 35.5. The van der Waals surface area contributed by atoms with E-state index in [9.17, 15) is 13.6 Å². The number of aromatic carboxylic acids is 1. The first kappa shape index (κ1) is 13.5. The Morgan fingerprint density at radius 2 is 1.79 bits per heavy atom. The average molecular weight is 283 g/mol. The first-order valence-electron chi connectivity index (χ1n) is 5.39. The largest absolute Gasteiger partial charge is 0.478 e. The van der Waals surface area contributed by atoms with Crippen molar-refractivity contribution in [1.29, 1.82) is 0 Å². The summed E-state index contributed by atoms with van der Waals surface area (Å²) < 4.78 is 26.2. The number of halogens is 3. The molecule has 2 rings (SSSR count). The van der Waals surface area contributed by atoms with E-state index in [2.05, 4.69) is 0 Å². The molecule has 0 atom stereocenters. The van der Waals surface area contributed by atoms with Crippen molar-refractivity contribution >= 4 is 17.6 Å². The van der Waals surface area contributed by atoms with E-state index in [1.807, 2.05) is 0 Å². The third-order valence-electron chi connectivity index (χ3n) is 2.79. The lowest BCUT2D eigenvalue weighted by atomic mass is 9.99. The minimum Gasteiger partial charge on any atom is -0.478 e. The molecule has 2 nitrogen and oxygen atoms in total. The Balaban J connectivity index is 2.63. The summed E-state index contributed by atoms with van der Waals surface area (Å²) in [5, 5.41) is 9.06. The van der Waals surface area contributed by atoms with Crippen molar-refractivity contribution in [3.05, 3.63) is 58.1 Å². The molecular weight excluding hydrogens is 274 g/mol. The summed E-state index contributed by atoms with van der Waals surface area (Å²) in [6.07, 6.45) is 0. The molecule has 0 aliphatic heterocycles. The minimum atomic E-state index is -1.09. The van der Waals surface area contributed by atoms with Crippen LogP contribution in [0.3, 0.4) is 0 Å². The number of carboxylic acid groups (broad SMARTS) is 1. The van der Waals surface area contributed by atoms with Gasteiger partial charge in [0, 0.05) is 5.56 Å². The normalized spacial score (nSPS) is 10.5. The molecule has 5 heteroatoms. The molecule has 0 unspecified atom stereocenters. The van der Waals surface area contributed by atoms with Crippen LogP contribution in [0.4, 0.5) is 8.78 Å². The minimum absolute atomic E-state index is 0.0269. The Hall–Kier alpha value is -1.94. The first-order chi connectivity index (χ1) is 8.90. The maximum absolute atomic E-state index is 13.2. The van der Waals surface area contributed by atoms with Gasteiger partial charge in [-0.2, -0.15) is 0 Å². The zero-order chi connectivity index (χ0) is 14.2. The predicted octanol–water partition coefficient (Wildman–Crippen LogP) is 4.29. The number of hydrogen-bond acceptors (Lipinski definition) is 1. The van der Waals surface area contributed by atoms with Crippen LogP contribution in [0.1, 0.15) is 15.9 Å². The summed E-state index contributed by atoms with van der Waals surface area (Å²) >= 11 is 5.85. The van der Waals surface area contributed by atoms with Gasteiger partial charge in [-0.25, -0.2) is 13.6 Å². The van der Waals surface area contributed by atoms with Crippen LogP contribution in [0.25, 0.3) is 11.1 Å². The summed E-state index contributed by atoms with van der Waals surface area (Å²) in [6, 6.07) is 6.41. The van der Waals surface area contributed by atoms with Gasteiger partial charge in [0.2, 0.25) is 0 Å². The number of carbonyl (C=O) groups is 1. The van der Waals surface area contributed by atoms with Crippen LogP contribution in [-0.4, -0.2) is 11.1 Å². The van der Waals surface area contributed by atoms with Gasteiger partial charge in [0.25, 0.3) is 0 Å². The second-order valence-electron chi connectivity index (χ2n) is 4.08. The third-order valence-corrected chi connectivity index (χ3v) is 3.10. The molecule has 2 aromatic rings. The molecule has 0 fully saturated rings. The summed E-state index contributed by atoms with van der Waals surface area (Å²) in [5.74, 6) is -3.16. The van der Waals surface area contributed by atoms with Gasteiger partial charge in [0.05, 0.1) is 10.6 Å². The fourth-order valence-corrected chi connectivity index (χ4v) is 2.02. The molecule has 0 bridgehead atoms. The molecule has 0 spiro atoms. The summed E-state index contributed by atoms with van der Waals surface area (Å²) in [7, 11) is 0. The monoisotopic (exact) mass is 282 g/mol. The number of carboxylic acids is 1. The Morgan fingerprint density at radius 1 is 1.16 bits per heavy atom. The van der Waals surface area contributed by atoms with Crippen LogP contribution in [0.5, 0.6) is 0 Å². The fraction of sp³-hybridized carbons (Fsp3) is 0.0714. The first-order valence-corrected chi connectivity index (χ1v) is 5.77. The number of aryl methyl sites for hydroxylation is 1. The molecule has 0 radical (unpaired) electrons. The molecular formula is C14H9ClF2O2. The number of rotatable bonds is 2. The van der Waals surface area contributed by atoms with Crippen molar-refractivity contribution in [2.24, 2.45) is 0 Å². The highest BCUT2D eigenvalue weighted by Gasteiger charge is 2.13. The van der Waals surface area contributed by atoms with Crippen molar-refractivity contribution in [3.8, 4) is 11.1 Å². The molecule has 0 saturated heterocycles. The van der Waals surface area contributed by atoms with Gasteiger partial charge in [-0.1, -0.05) is 23.7 Å². The lowest BCUT2D eigenvalue weighted by Gasteiger charge is -2.08. The van der Waals surface area contributed by atoms with Crippen LogP contribution < -0.4 is 0 Å². The molecule has 1 N–H and O–H groups in total. The van der Waals surface area contributed by atoms with E-state index >= 15 is 0 Å². The molecule has 98 valence electrons. The van der Waals surface area contributed by atoms with E-state index in [4.69, 9.17) is 16.7 Å². The van der Waals surface area contributed by atoms with Gasteiger partial charge < -0.3 is 5.11 Å². The predicted molar refractivity (Wildman–Crippen MR) is 68.5 cm³/mol. The molecule has 19 heavy (non-hydrogen) atoms. The Bertz CT molecular complexity index is 669. The van der Waals surface area contributed by atoms with E-state index < -0.39 is 17.6 Å². The molecule has 0 aromatic heterocycles. The lowest BCUT2D eigenvalue weighted by Crippen LogP contribution is -2.00. The summed E-state index contributed by atoms with van der Waals surface area (Å²) in [5.41, 5.74) is 1.35. The summed E-state index contributed by atoms with van der Waals surface area (Å²) in [6.45, 7) is 1.65. The van der Waals surface area contributed by atoms with Crippen molar-refractivity contribution < 1.29 is 18.7 Å². The van der Waals surface area contributed by atoms with Crippen LogP contribution in [-0.2, 0) is 0 Å². The molecule has 0 saturated carbocycles. The molecule has 0 aliphatic carbocycles. The van der Waals surface area contributed by atoms with Gasteiger partial charge in [0.15, 0.2) is 11.6 Å². The van der Waals surface area contributed by atoms with Gasteiger partial charge in [-0.15, -0.1) is 0 Å². The third kappa shape index (κ3) is 2.58. The maximum Gasteiger partial charge on any atom is 0.335 e. The second kappa shape index (κ2) is 4.97. The van der Waals surface area contributed by atoms with Crippen molar-refractivity contribution in [2.75, 3.05) is 0 Å². The molecule has 2 aromatic carbocycles. The summed E-state index contributed by atoms with van der Waals surface area (Å²) in [4.78, 5) is 11.0. The van der Waals surface area contributed by atoms with Crippen molar-refractivity contribution in [2.45, 2.75) is 6.92 Å².